The van der Waals surface area contributed by atoms with E-state index in [0.717, 1.165) is 45.1 Å². The van der Waals surface area contributed by atoms with Crippen molar-refractivity contribution in [2.24, 2.45) is 0 Å². The lowest BCUT2D eigenvalue weighted by Crippen LogP contribution is -2.21. The minimum Gasteiger partial charge on any atom is -0.380 e. The molecule has 0 aromatic carbocycles. The molecule has 0 radical (unpaired) electrons. The lowest BCUT2D eigenvalue weighted by atomic mass is 10.1. The highest BCUT2D eigenvalue weighted by Crippen LogP contribution is 2.20. The minimum absolute atomic E-state index is 0. The maximum atomic E-state index is 5.28. The number of unbranched alkanes of at least 4 members (excludes halogenated alkanes) is 1. The van der Waals surface area contributed by atoms with Crippen molar-refractivity contribution in [3.05, 3.63) is 23.4 Å². The molecule has 0 spiro atoms. The van der Waals surface area contributed by atoms with Gasteiger partial charge in [0.1, 0.15) is 5.82 Å². The molecule has 0 atom stereocenters. The van der Waals surface area contributed by atoms with Crippen LogP contribution in [-0.2, 0) is 17.6 Å². The summed E-state index contributed by atoms with van der Waals surface area (Å²) >= 11 is 0. The number of hydrogen-bond donors (Lipinski definition) is 2. The summed E-state index contributed by atoms with van der Waals surface area (Å²) in [5, 5.41) is 6.79. The lowest BCUT2D eigenvalue weighted by Gasteiger charge is -2.17. The quantitative estimate of drug-likeness (QED) is 0.683. The molecular weight excluding hydrogens is 274 g/mol. The number of aromatic nitrogens is 1. The Labute approximate surface area is 137 Å². The molecule has 2 heterocycles. The van der Waals surface area contributed by atoms with Gasteiger partial charge in [0.15, 0.2) is 0 Å². The number of fused-ring (bicyclic) bond motifs is 1. The topological polar surface area (TPSA) is 46.2 Å². The molecular formula is C18H35N3O. The van der Waals surface area contributed by atoms with E-state index in [0.29, 0.717) is 0 Å². The van der Waals surface area contributed by atoms with Crippen LogP contribution >= 0.6 is 0 Å². The molecule has 4 nitrogen and oxygen atoms in total. The Balaban J connectivity index is 0.00000155. The second-order valence-corrected chi connectivity index (χ2v) is 5.24. The monoisotopic (exact) mass is 309 g/mol. The van der Waals surface area contributed by atoms with E-state index in [2.05, 4.69) is 22.8 Å². The van der Waals surface area contributed by atoms with E-state index in [9.17, 15) is 0 Å². The summed E-state index contributed by atoms with van der Waals surface area (Å²) in [4.78, 5) is 4.72. The fourth-order valence-electron chi connectivity index (χ4n) is 2.48. The van der Waals surface area contributed by atoms with Gasteiger partial charge in [-0.3, -0.25) is 0 Å². The standard InChI is InChI=1S/C16H27N3O.C2H6.H2/c1-2-20-13-12-17-10-4-3-7-15-9-8-14-6-5-11-18-16(14)19-15;1-2;/h8-9,17H,2-7,10-13H2,1H3,(H,18,19);1-2H3;1H. The van der Waals surface area contributed by atoms with Crippen molar-refractivity contribution >= 4 is 5.82 Å². The van der Waals surface area contributed by atoms with Gasteiger partial charge < -0.3 is 15.4 Å². The Hall–Kier alpha value is -1.13. The molecule has 1 aromatic heterocycles. The van der Waals surface area contributed by atoms with E-state index < -0.39 is 0 Å². The van der Waals surface area contributed by atoms with E-state index in [1.54, 1.807) is 0 Å². The van der Waals surface area contributed by atoms with Gasteiger partial charge in [-0.1, -0.05) is 19.9 Å². The first-order chi connectivity index (χ1) is 10.9. The number of nitrogens with one attached hydrogen (secondary N) is 2. The molecule has 1 aromatic rings. The Morgan fingerprint density at radius 1 is 1.27 bits per heavy atom. The van der Waals surface area contributed by atoms with Crippen LogP contribution in [0.25, 0.3) is 0 Å². The van der Waals surface area contributed by atoms with Gasteiger partial charge in [-0.05, 0) is 57.2 Å². The normalized spacial score (nSPS) is 12.9. The highest BCUT2D eigenvalue weighted by molar-refractivity contribution is 5.46. The molecule has 4 heteroatoms. The number of pyridine rings is 1. The van der Waals surface area contributed by atoms with Crippen LogP contribution in [0.1, 0.15) is 52.7 Å². The third-order valence-corrected chi connectivity index (χ3v) is 3.62. The maximum absolute atomic E-state index is 5.28. The summed E-state index contributed by atoms with van der Waals surface area (Å²) in [6.45, 7) is 10.7. The average Bonchev–Trinajstić information content (AvgIpc) is 2.59. The first-order valence-corrected chi connectivity index (χ1v) is 8.91. The van der Waals surface area contributed by atoms with Crippen molar-refractivity contribution in [3.8, 4) is 0 Å². The van der Waals surface area contributed by atoms with Gasteiger partial charge in [-0.25, -0.2) is 4.98 Å². The van der Waals surface area contributed by atoms with Crippen LogP contribution in [0.15, 0.2) is 12.1 Å². The fraction of sp³-hybridized carbons (Fsp3) is 0.722. The van der Waals surface area contributed by atoms with Crippen LogP contribution in [0.3, 0.4) is 0 Å². The lowest BCUT2D eigenvalue weighted by molar-refractivity contribution is 0.149. The number of hydrogen-bond acceptors (Lipinski definition) is 4. The zero-order valence-electron chi connectivity index (χ0n) is 14.6. The SMILES string of the molecule is CC.CCOCCNCCCCc1ccc2c(n1)NCCC2.[HH]. The molecule has 1 aliphatic rings. The second-order valence-electron chi connectivity index (χ2n) is 5.24. The molecule has 0 unspecified atom stereocenters. The van der Waals surface area contributed by atoms with Crippen LogP contribution in [-0.4, -0.2) is 37.8 Å². The third-order valence-electron chi connectivity index (χ3n) is 3.62. The van der Waals surface area contributed by atoms with E-state index >= 15 is 0 Å². The van der Waals surface area contributed by atoms with Gasteiger partial charge in [0, 0.05) is 26.8 Å². The van der Waals surface area contributed by atoms with E-state index in [1.165, 1.54) is 36.9 Å². The molecule has 0 bridgehead atoms. The Kier molecular flexibility index (Phi) is 10.7. The van der Waals surface area contributed by atoms with Crippen molar-refractivity contribution in [1.82, 2.24) is 10.3 Å². The predicted molar refractivity (Wildman–Crippen MR) is 96.8 cm³/mol. The van der Waals surface area contributed by atoms with Crippen LogP contribution in [0.4, 0.5) is 5.82 Å². The fourth-order valence-corrected chi connectivity index (χ4v) is 2.48. The number of anilines is 1. The largest absolute Gasteiger partial charge is 0.380 e. The number of rotatable bonds is 9. The van der Waals surface area contributed by atoms with Gasteiger partial charge >= 0.3 is 0 Å². The van der Waals surface area contributed by atoms with Crippen LogP contribution < -0.4 is 10.6 Å². The Morgan fingerprint density at radius 2 is 2.14 bits per heavy atom. The summed E-state index contributed by atoms with van der Waals surface area (Å²) in [6.07, 6.45) is 5.84. The highest BCUT2D eigenvalue weighted by Gasteiger charge is 2.09. The number of aryl methyl sites for hydroxylation is 2. The second kappa shape index (κ2) is 12.4. The van der Waals surface area contributed by atoms with Crippen LogP contribution in [0, 0.1) is 0 Å². The molecule has 128 valence electrons. The molecule has 2 rings (SSSR count). The van der Waals surface area contributed by atoms with Gasteiger partial charge in [-0.2, -0.15) is 0 Å². The van der Waals surface area contributed by atoms with E-state index in [4.69, 9.17) is 9.72 Å². The van der Waals surface area contributed by atoms with Crippen molar-refractivity contribution < 1.29 is 6.16 Å². The molecule has 1 aliphatic heterocycles. The summed E-state index contributed by atoms with van der Waals surface area (Å²) < 4.78 is 5.28. The van der Waals surface area contributed by atoms with Crippen molar-refractivity contribution in [2.45, 2.75) is 52.9 Å². The van der Waals surface area contributed by atoms with E-state index in [1.807, 2.05) is 20.8 Å². The predicted octanol–water partition coefficient (Wildman–Crippen LogP) is 3.66. The highest BCUT2D eigenvalue weighted by atomic mass is 16.5. The van der Waals surface area contributed by atoms with Gasteiger partial charge in [0.05, 0.1) is 6.61 Å². The summed E-state index contributed by atoms with van der Waals surface area (Å²) in [5.74, 6) is 1.11. The molecule has 2 N–H and O–H groups in total. The maximum Gasteiger partial charge on any atom is 0.129 e. The number of ether oxygens (including phenoxy) is 1. The summed E-state index contributed by atoms with van der Waals surface area (Å²) in [5.41, 5.74) is 2.59. The molecule has 22 heavy (non-hydrogen) atoms. The van der Waals surface area contributed by atoms with Gasteiger partial charge in [-0.15, -0.1) is 0 Å². The molecule has 0 aliphatic carbocycles. The van der Waals surface area contributed by atoms with Crippen molar-refractivity contribution in [1.29, 1.82) is 0 Å². The Bertz CT molecular complexity index is 402. The van der Waals surface area contributed by atoms with Crippen LogP contribution in [0.2, 0.25) is 0 Å². The van der Waals surface area contributed by atoms with Gasteiger partial charge in [0.25, 0.3) is 0 Å². The zero-order valence-corrected chi connectivity index (χ0v) is 14.6. The van der Waals surface area contributed by atoms with E-state index in [-0.39, 0.29) is 1.43 Å². The minimum atomic E-state index is 0. The molecule has 0 fully saturated rings. The van der Waals surface area contributed by atoms with Crippen LogP contribution in [0.5, 0.6) is 0 Å². The van der Waals surface area contributed by atoms with Crippen molar-refractivity contribution in [3.63, 3.8) is 0 Å². The van der Waals surface area contributed by atoms with Gasteiger partial charge in [0.2, 0.25) is 0 Å². The first-order valence-electron chi connectivity index (χ1n) is 8.91. The smallest absolute Gasteiger partial charge is 0.129 e. The zero-order chi connectivity index (χ0) is 16.0. The van der Waals surface area contributed by atoms with Crippen molar-refractivity contribution in [2.75, 3.05) is 38.2 Å². The molecule has 0 saturated heterocycles. The average molecular weight is 309 g/mol. The summed E-state index contributed by atoms with van der Waals surface area (Å²) in [7, 11) is 0. The molecule has 0 saturated carbocycles. The first kappa shape index (κ1) is 18.9. The summed E-state index contributed by atoms with van der Waals surface area (Å²) in [6, 6.07) is 4.43. The molecule has 0 amide bonds. The number of nitrogens with zero attached hydrogens (tertiary/aromatic N) is 1. The third kappa shape index (κ3) is 7.23. The Morgan fingerprint density at radius 3 is 2.95 bits per heavy atom.